The third-order valence-corrected chi connectivity index (χ3v) is 2.93. The van der Waals surface area contributed by atoms with Crippen LogP contribution in [0.4, 0.5) is 4.39 Å². The van der Waals surface area contributed by atoms with E-state index < -0.39 is 0 Å². The molecular weight excluding hydrogens is 255 g/mol. The Bertz CT molecular complexity index is 562. The maximum Gasteiger partial charge on any atom is 0.165 e. The summed E-state index contributed by atoms with van der Waals surface area (Å²) >= 11 is 0. The van der Waals surface area contributed by atoms with Crippen molar-refractivity contribution in [2.45, 2.75) is 13.8 Å². The van der Waals surface area contributed by atoms with Gasteiger partial charge < -0.3 is 9.47 Å². The number of rotatable bonds is 5. The van der Waals surface area contributed by atoms with Gasteiger partial charge in [0.15, 0.2) is 11.6 Å². The zero-order chi connectivity index (χ0) is 14.5. The summed E-state index contributed by atoms with van der Waals surface area (Å²) in [6.45, 7) is 4.58. The minimum Gasteiger partial charge on any atom is -0.497 e. The molecule has 106 valence electrons. The minimum atomic E-state index is -0.334. The highest BCUT2D eigenvalue weighted by Crippen LogP contribution is 2.27. The van der Waals surface area contributed by atoms with E-state index in [9.17, 15) is 4.39 Å². The fourth-order valence-corrected chi connectivity index (χ4v) is 1.84. The van der Waals surface area contributed by atoms with Crippen LogP contribution in [-0.4, -0.2) is 13.7 Å². The summed E-state index contributed by atoms with van der Waals surface area (Å²) in [6.07, 6.45) is 0. The van der Waals surface area contributed by atoms with Gasteiger partial charge in [-0.05, 0) is 41.3 Å². The topological polar surface area (TPSA) is 18.5 Å². The maximum atomic E-state index is 14.0. The van der Waals surface area contributed by atoms with Crippen LogP contribution in [-0.2, 0) is 0 Å². The second kappa shape index (κ2) is 6.42. The van der Waals surface area contributed by atoms with Gasteiger partial charge >= 0.3 is 0 Å². The Morgan fingerprint density at radius 1 is 1.00 bits per heavy atom. The van der Waals surface area contributed by atoms with Crippen LogP contribution in [0.5, 0.6) is 11.5 Å². The first kappa shape index (κ1) is 14.4. The highest BCUT2D eigenvalue weighted by molar-refractivity contribution is 5.65. The summed E-state index contributed by atoms with van der Waals surface area (Å²) in [5.74, 6) is 1.12. The fraction of sp³-hybridized carbons (Fsp3) is 0.294. The summed E-state index contributed by atoms with van der Waals surface area (Å²) in [6, 6.07) is 12.6. The molecule has 0 fully saturated rings. The Morgan fingerprint density at radius 2 is 1.65 bits per heavy atom. The van der Waals surface area contributed by atoms with Gasteiger partial charge in [-0.15, -0.1) is 0 Å². The highest BCUT2D eigenvalue weighted by atomic mass is 19.1. The Hall–Kier alpha value is -2.03. The first-order valence-corrected chi connectivity index (χ1v) is 6.67. The molecule has 0 heterocycles. The molecule has 2 rings (SSSR count). The van der Waals surface area contributed by atoms with Crippen molar-refractivity contribution >= 4 is 0 Å². The van der Waals surface area contributed by atoms with E-state index in [1.165, 1.54) is 6.07 Å². The predicted molar refractivity (Wildman–Crippen MR) is 78.7 cm³/mol. The number of ether oxygens (including phenoxy) is 2. The molecule has 0 bridgehead atoms. The molecule has 2 nitrogen and oxygen atoms in total. The lowest BCUT2D eigenvalue weighted by atomic mass is 10.1. The van der Waals surface area contributed by atoms with Gasteiger partial charge in [0.1, 0.15) is 5.75 Å². The first-order valence-electron chi connectivity index (χ1n) is 6.67. The van der Waals surface area contributed by atoms with Crippen LogP contribution in [0.25, 0.3) is 11.1 Å². The lowest BCUT2D eigenvalue weighted by molar-refractivity contribution is 0.259. The molecule has 3 heteroatoms. The van der Waals surface area contributed by atoms with Crippen LogP contribution in [0.15, 0.2) is 42.5 Å². The summed E-state index contributed by atoms with van der Waals surface area (Å²) in [4.78, 5) is 0. The molecule has 0 aliphatic heterocycles. The maximum absolute atomic E-state index is 14.0. The van der Waals surface area contributed by atoms with Crippen LogP contribution in [0.2, 0.25) is 0 Å². The highest BCUT2D eigenvalue weighted by Gasteiger charge is 2.07. The van der Waals surface area contributed by atoms with E-state index >= 15 is 0 Å². The van der Waals surface area contributed by atoms with Crippen molar-refractivity contribution in [3.8, 4) is 22.6 Å². The Balaban J connectivity index is 2.19. The van der Waals surface area contributed by atoms with Crippen LogP contribution >= 0.6 is 0 Å². The number of hydrogen-bond donors (Lipinski definition) is 0. The van der Waals surface area contributed by atoms with Crippen LogP contribution in [0.1, 0.15) is 13.8 Å². The van der Waals surface area contributed by atoms with Crippen LogP contribution < -0.4 is 9.47 Å². The van der Waals surface area contributed by atoms with Gasteiger partial charge in [-0.2, -0.15) is 0 Å². The zero-order valence-corrected chi connectivity index (χ0v) is 12.0. The molecule has 20 heavy (non-hydrogen) atoms. The molecule has 0 aromatic heterocycles. The van der Waals surface area contributed by atoms with Gasteiger partial charge in [-0.3, -0.25) is 0 Å². The smallest absolute Gasteiger partial charge is 0.165 e. The van der Waals surface area contributed by atoms with Gasteiger partial charge in [0.25, 0.3) is 0 Å². The molecule has 0 amide bonds. The second-order valence-electron chi connectivity index (χ2n) is 5.08. The fourth-order valence-electron chi connectivity index (χ4n) is 1.84. The summed E-state index contributed by atoms with van der Waals surface area (Å²) in [7, 11) is 1.62. The largest absolute Gasteiger partial charge is 0.497 e. The van der Waals surface area contributed by atoms with Crippen molar-refractivity contribution in [2.75, 3.05) is 13.7 Å². The second-order valence-corrected chi connectivity index (χ2v) is 5.08. The first-order chi connectivity index (χ1) is 9.60. The monoisotopic (exact) mass is 274 g/mol. The third kappa shape index (κ3) is 3.50. The standard InChI is InChI=1S/C17H19FO2/c1-12(2)11-20-17-9-6-14(10-16(17)18)13-4-7-15(19-3)8-5-13/h4-10,12H,11H2,1-3H3. The number of halogens is 1. The number of hydrogen-bond acceptors (Lipinski definition) is 2. The molecule has 2 aromatic carbocycles. The molecule has 0 N–H and O–H groups in total. The quantitative estimate of drug-likeness (QED) is 0.797. The van der Waals surface area contributed by atoms with Crippen LogP contribution in [0, 0.1) is 11.7 Å². The SMILES string of the molecule is COc1ccc(-c2ccc(OCC(C)C)c(F)c2)cc1. The van der Waals surface area contributed by atoms with Gasteiger partial charge in [-0.1, -0.05) is 32.0 Å². The van der Waals surface area contributed by atoms with Crippen LogP contribution in [0.3, 0.4) is 0 Å². The molecule has 0 atom stereocenters. The molecule has 0 radical (unpaired) electrons. The molecule has 0 saturated carbocycles. The normalized spacial score (nSPS) is 10.7. The minimum absolute atomic E-state index is 0.302. The van der Waals surface area contributed by atoms with Crippen molar-refractivity contribution in [1.29, 1.82) is 0 Å². The summed E-state index contributed by atoms with van der Waals surface area (Å²) < 4.78 is 24.5. The van der Waals surface area contributed by atoms with Crippen molar-refractivity contribution in [2.24, 2.45) is 5.92 Å². The Morgan fingerprint density at radius 3 is 2.20 bits per heavy atom. The van der Waals surface area contributed by atoms with E-state index in [0.29, 0.717) is 18.3 Å². The lowest BCUT2D eigenvalue weighted by Gasteiger charge is -2.11. The van der Waals surface area contributed by atoms with Gasteiger partial charge in [-0.25, -0.2) is 4.39 Å². The zero-order valence-electron chi connectivity index (χ0n) is 12.0. The Labute approximate surface area is 119 Å². The van der Waals surface area contributed by atoms with Crippen molar-refractivity contribution in [1.82, 2.24) is 0 Å². The molecule has 0 aliphatic rings. The van der Waals surface area contributed by atoms with Crippen molar-refractivity contribution in [3.05, 3.63) is 48.3 Å². The summed E-state index contributed by atoms with van der Waals surface area (Å²) in [5.41, 5.74) is 1.77. The molecule has 2 aromatic rings. The number of benzene rings is 2. The third-order valence-electron chi connectivity index (χ3n) is 2.93. The van der Waals surface area contributed by atoms with Crippen molar-refractivity contribution < 1.29 is 13.9 Å². The van der Waals surface area contributed by atoms with Gasteiger partial charge in [0.2, 0.25) is 0 Å². The molecule has 0 saturated heterocycles. The predicted octanol–water partition coefficient (Wildman–Crippen LogP) is 4.54. The summed E-state index contributed by atoms with van der Waals surface area (Å²) in [5, 5.41) is 0. The van der Waals surface area contributed by atoms with E-state index in [4.69, 9.17) is 9.47 Å². The van der Waals surface area contributed by atoms with Crippen molar-refractivity contribution in [3.63, 3.8) is 0 Å². The van der Waals surface area contributed by atoms with Gasteiger partial charge in [0.05, 0.1) is 13.7 Å². The average Bonchev–Trinajstić information content (AvgIpc) is 2.46. The molecular formula is C17H19FO2. The molecule has 0 spiro atoms. The molecule has 0 aliphatic carbocycles. The lowest BCUT2D eigenvalue weighted by Crippen LogP contribution is -2.05. The van der Waals surface area contributed by atoms with E-state index in [1.807, 2.05) is 44.2 Å². The van der Waals surface area contributed by atoms with E-state index in [1.54, 1.807) is 13.2 Å². The van der Waals surface area contributed by atoms with E-state index in [2.05, 4.69) is 0 Å². The molecule has 0 unspecified atom stereocenters. The van der Waals surface area contributed by atoms with Gasteiger partial charge in [0, 0.05) is 0 Å². The van der Waals surface area contributed by atoms with E-state index in [-0.39, 0.29) is 5.82 Å². The average molecular weight is 274 g/mol. The Kier molecular flexibility index (Phi) is 4.61. The van der Waals surface area contributed by atoms with E-state index in [0.717, 1.165) is 16.9 Å². The number of methoxy groups -OCH3 is 1.